The van der Waals surface area contributed by atoms with Crippen molar-refractivity contribution in [2.75, 3.05) is 0 Å². The van der Waals surface area contributed by atoms with Gasteiger partial charge in [0.15, 0.2) is 0 Å². The first-order valence-electron chi connectivity index (χ1n) is 7.67. The Morgan fingerprint density at radius 1 is 1.00 bits per heavy atom. The monoisotopic (exact) mass is 336 g/mol. The average Bonchev–Trinajstić information content (AvgIpc) is 2.61. The summed E-state index contributed by atoms with van der Waals surface area (Å²) < 4.78 is 0. The number of halogens is 1. The van der Waals surface area contributed by atoms with Crippen LogP contribution in [0, 0.1) is 6.92 Å². The van der Waals surface area contributed by atoms with Gasteiger partial charge in [-0.05, 0) is 24.1 Å². The molecule has 2 aromatic carbocycles. The van der Waals surface area contributed by atoms with Gasteiger partial charge in [0.05, 0.1) is 16.6 Å². The van der Waals surface area contributed by atoms with Crippen LogP contribution < -0.4 is 5.32 Å². The number of aryl methyl sites for hydroxylation is 1. The van der Waals surface area contributed by atoms with Crippen molar-refractivity contribution in [1.82, 2.24) is 10.3 Å². The standard InChI is InChI=1S/C20H17ClN2O/c1-14-7-9-16(10-8-14)19(15-5-3-2-4-6-15)23-20(24)17-11-12-22-13-18(17)21/h2-13,19H,1H3,(H,23,24). The van der Waals surface area contributed by atoms with E-state index in [0.29, 0.717) is 10.6 Å². The molecule has 0 aliphatic rings. The quantitative estimate of drug-likeness (QED) is 0.758. The van der Waals surface area contributed by atoms with Crippen molar-refractivity contribution >= 4 is 17.5 Å². The Balaban J connectivity index is 1.95. The Labute approximate surface area is 146 Å². The zero-order valence-electron chi connectivity index (χ0n) is 13.2. The molecule has 120 valence electrons. The van der Waals surface area contributed by atoms with Gasteiger partial charge in [0, 0.05) is 12.4 Å². The number of aromatic nitrogens is 1. The molecule has 1 atom stereocenters. The topological polar surface area (TPSA) is 42.0 Å². The summed E-state index contributed by atoms with van der Waals surface area (Å²) in [5, 5.41) is 3.41. The van der Waals surface area contributed by atoms with Crippen LogP contribution in [0.25, 0.3) is 0 Å². The lowest BCUT2D eigenvalue weighted by atomic mass is 9.97. The summed E-state index contributed by atoms with van der Waals surface area (Å²) in [6.07, 6.45) is 3.03. The molecular formula is C20H17ClN2O. The second-order valence-electron chi connectivity index (χ2n) is 5.58. The van der Waals surface area contributed by atoms with Gasteiger partial charge in [-0.1, -0.05) is 71.8 Å². The van der Waals surface area contributed by atoms with Crippen LogP contribution in [0.2, 0.25) is 5.02 Å². The van der Waals surface area contributed by atoms with Gasteiger partial charge in [0.2, 0.25) is 0 Å². The molecule has 3 nitrogen and oxygen atoms in total. The van der Waals surface area contributed by atoms with Crippen LogP contribution in [0.3, 0.4) is 0 Å². The van der Waals surface area contributed by atoms with E-state index in [0.717, 1.165) is 11.1 Å². The second kappa shape index (κ2) is 7.28. The van der Waals surface area contributed by atoms with Crippen molar-refractivity contribution < 1.29 is 4.79 Å². The van der Waals surface area contributed by atoms with E-state index in [-0.39, 0.29) is 11.9 Å². The molecule has 0 saturated carbocycles. The highest BCUT2D eigenvalue weighted by atomic mass is 35.5. The number of carbonyl (C=O) groups is 1. The van der Waals surface area contributed by atoms with E-state index in [9.17, 15) is 4.79 Å². The van der Waals surface area contributed by atoms with Crippen molar-refractivity contribution in [2.45, 2.75) is 13.0 Å². The SMILES string of the molecule is Cc1ccc(C(NC(=O)c2ccncc2Cl)c2ccccc2)cc1. The summed E-state index contributed by atoms with van der Waals surface area (Å²) in [7, 11) is 0. The Morgan fingerprint density at radius 2 is 1.67 bits per heavy atom. The van der Waals surface area contributed by atoms with E-state index in [1.54, 1.807) is 12.3 Å². The zero-order chi connectivity index (χ0) is 16.9. The van der Waals surface area contributed by atoms with Crippen LogP contribution >= 0.6 is 11.6 Å². The molecule has 0 spiro atoms. The normalized spacial score (nSPS) is 11.8. The number of benzene rings is 2. The second-order valence-corrected chi connectivity index (χ2v) is 5.99. The van der Waals surface area contributed by atoms with Crippen molar-refractivity contribution in [2.24, 2.45) is 0 Å². The summed E-state index contributed by atoms with van der Waals surface area (Å²) in [6.45, 7) is 2.04. The lowest BCUT2D eigenvalue weighted by molar-refractivity contribution is 0.0943. The molecule has 0 aliphatic heterocycles. The summed E-state index contributed by atoms with van der Waals surface area (Å²) in [6, 6.07) is 19.4. The third kappa shape index (κ3) is 3.63. The zero-order valence-corrected chi connectivity index (χ0v) is 14.0. The maximum absolute atomic E-state index is 12.7. The Hall–Kier alpha value is -2.65. The molecule has 1 amide bonds. The van der Waals surface area contributed by atoms with E-state index in [1.165, 1.54) is 11.8 Å². The number of hydrogen-bond acceptors (Lipinski definition) is 2. The fourth-order valence-corrected chi connectivity index (χ4v) is 2.74. The summed E-state index contributed by atoms with van der Waals surface area (Å²) in [5.41, 5.74) is 3.62. The highest BCUT2D eigenvalue weighted by molar-refractivity contribution is 6.33. The van der Waals surface area contributed by atoms with E-state index < -0.39 is 0 Å². The predicted octanol–water partition coefficient (Wildman–Crippen LogP) is 4.56. The molecule has 3 aromatic rings. The highest BCUT2D eigenvalue weighted by Gasteiger charge is 2.19. The number of rotatable bonds is 4. The molecule has 1 unspecified atom stereocenters. The van der Waals surface area contributed by atoms with Gasteiger partial charge in [-0.25, -0.2) is 0 Å². The van der Waals surface area contributed by atoms with Gasteiger partial charge in [-0.3, -0.25) is 9.78 Å². The van der Waals surface area contributed by atoms with Gasteiger partial charge in [-0.15, -0.1) is 0 Å². The Bertz CT molecular complexity index is 832. The van der Waals surface area contributed by atoms with Crippen molar-refractivity contribution in [3.8, 4) is 0 Å². The average molecular weight is 337 g/mol. The Kier molecular flexibility index (Phi) is 4.92. The maximum Gasteiger partial charge on any atom is 0.253 e. The molecule has 1 heterocycles. The molecule has 0 radical (unpaired) electrons. The number of carbonyl (C=O) groups excluding carboxylic acids is 1. The number of nitrogens with one attached hydrogen (secondary N) is 1. The van der Waals surface area contributed by atoms with Gasteiger partial charge < -0.3 is 5.32 Å². The van der Waals surface area contributed by atoms with E-state index in [1.807, 2.05) is 61.5 Å². The molecule has 3 rings (SSSR count). The summed E-state index contributed by atoms with van der Waals surface area (Å²) in [5.74, 6) is -0.225. The third-order valence-corrected chi connectivity index (χ3v) is 4.14. The van der Waals surface area contributed by atoms with Gasteiger partial charge >= 0.3 is 0 Å². The predicted molar refractivity (Wildman–Crippen MR) is 96.2 cm³/mol. The minimum atomic E-state index is -0.247. The van der Waals surface area contributed by atoms with Crippen LogP contribution in [-0.4, -0.2) is 10.9 Å². The molecule has 0 fully saturated rings. The molecule has 0 aliphatic carbocycles. The third-order valence-electron chi connectivity index (χ3n) is 3.84. The molecule has 0 saturated heterocycles. The Morgan fingerprint density at radius 3 is 2.33 bits per heavy atom. The van der Waals surface area contributed by atoms with E-state index in [2.05, 4.69) is 10.3 Å². The minimum Gasteiger partial charge on any atom is -0.341 e. The lowest BCUT2D eigenvalue weighted by Crippen LogP contribution is -2.29. The van der Waals surface area contributed by atoms with Crippen LogP contribution in [0.15, 0.2) is 73.1 Å². The molecule has 1 N–H and O–H groups in total. The van der Waals surface area contributed by atoms with Gasteiger partial charge in [0.1, 0.15) is 0 Å². The first kappa shape index (κ1) is 16.2. The molecule has 4 heteroatoms. The maximum atomic E-state index is 12.7. The number of nitrogens with zero attached hydrogens (tertiary/aromatic N) is 1. The van der Waals surface area contributed by atoms with E-state index >= 15 is 0 Å². The first-order valence-corrected chi connectivity index (χ1v) is 8.05. The van der Waals surface area contributed by atoms with Crippen LogP contribution in [0.1, 0.15) is 33.1 Å². The first-order chi connectivity index (χ1) is 11.6. The highest BCUT2D eigenvalue weighted by Crippen LogP contribution is 2.24. The van der Waals surface area contributed by atoms with E-state index in [4.69, 9.17) is 11.6 Å². The largest absolute Gasteiger partial charge is 0.341 e. The van der Waals surface area contributed by atoms with Crippen molar-refractivity contribution in [3.63, 3.8) is 0 Å². The smallest absolute Gasteiger partial charge is 0.253 e. The summed E-state index contributed by atoms with van der Waals surface area (Å²) in [4.78, 5) is 16.6. The minimum absolute atomic E-state index is 0.225. The molecular weight excluding hydrogens is 320 g/mol. The lowest BCUT2D eigenvalue weighted by Gasteiger charge is -2.20. The summed E-state index contributed by atoms with van der Waals surface area (Å²) >= 11 is 6.09. The number of amides is 1. The van der Waals surface area contributed by atoms with Crippen molar-refractivity contribution in [3.05, 3.63) is 100 Å². The van der Waals surface area contributed by atoms with Gasteiger partial charge in [-0.2, -0.15) is 0 Å². The molecule has 24 heavy (non-hydrogen) atoms. The molecule has 0 bridgehead atoms. The fraction of sp³-hybridized carbons (Fsp3) is 0.100. The van der Waals surface area contributed by atoms with Crippen LogP contribution in [0.5, 0.6) is 0 Å². The number of hydrogen-bond donors (Lipinski definition) is 1. The van der Waals surface area contributed by atoms with Crippen LogP contribution in [-0.2, 0) is 0 Å². The fourth-order valence-electron chi connectivity index (χ4n) is 2.53. The molecule has 1 aromatic heterocycles. The van der Waals surface area contributed by atoms with Gasteiger partial charge in [0.25, 0.3) is 5.91 Å². The van der Waals surface area contributed by atoms with Crippen molar-refractivity contribution in [1.29, 1.82) is 0 Å². The van der Waals surface area contributed by atoms with Crippen LogP contribution in [0.4, 0.5) is 0 Å². The number of pyridine rings is 1.